The molecule has 2 rings (SSSR count). The quantitative estimate of drug-likeness (QED) is 0.805. The van der Waals surface area contributed by atoms with Crippen LogP contribution in [0.3, 0.4) is 0 Å². The van der Waals surface area contributed by atoms with Crippen molar-refractivity contribution in [3.63, 3.8) is 0 Å². The summed E-state index contributed by atoms with van der Waals surface area (Å²) in [6.45, 7) is 8.66. The van der Waals surface area contributed by atoms with Crippen LogP contribution in [0.15, 0.2) is 42.5 Å². The van der Waals surface area contributed by atoms with E-state index in [0.717, 1.165) is 17.5 Å². The highest BCUT2D eigenvalue weighted by Gasteiger charge is 2.14. The molecular weight excluding hydrogens is 244 g/mol. The molecule has 0 radical (unpaired) electrons. The number of hydrogen-bond donors (Lipinski definition) is 1. The fraction of sp³-hybridized carbons (Fsp3) is 0.368. The monoisotopic (exact) mass is 268 g/mol. The van der Waals surface area contributed by atoms with E-state index in [4.69, 9.17) is 0 Å². The molecule has 0 aliphatic heterocycles. The third kappa shape index (κ3) is 3.22. The summed E-state index contributed by atoms with van der Waals surface area (Å²) in [7, 11) is 0. The van der Waals surface area contributed by atoms with Gasteiger partial charge in [-0.2, -0.15) is 0 Å². The van der Waals surface area contributed by atoms with Crippen LogP contribution in [0, 0.1) is 0 Å². The van der Waals surface area contributed by atoms with E-state index in [0.29, 0.717) is 17.6 Å². The molecule has 0 aliphatic carbocycles. The molecule has 20 heavy (non-hydrogen) atoms. The molecule has 0 spiro atoms. The molecule has 0 saturated carbocycles. The van der Waals surface area contributed by atoms with Crippen LogP contribution in [0.25, 0.3) is 0 Å². The van der Waals surface area contributed by atoms with Gasteiger partial charge in [-0.3, -0.25) is 0 Å². The third-order valence-electron chi connectivity index (χ3n) is 3.77. The van der Waals surface area contributed by atoms with Gasteiger partial charge in [0.15, 0.2) is 0 Å². The first-order valence-corrected chi connectivity index (χ1v) is 7.38. The first kappa shape index (κ1) is 14.6. The van der Waals surface area contributed by atoms with E-state index in [1.165, 1.54) is 11.1 Å². The second-order valence-corrected chi connectivity index (χ2v) is 6.09. The van der Waals surface area contributed by atoms with E-state index in [-0.39, 0.29) is 0 Å². The number of aromatic hydroxyl groups is 1. The van der Waals surface area contributed by atoms with Crippen molar-refractivity contribution in [2.24, 2.45) is 0 Å². The summed E-state index contributed by atoms with van der Waals surface area (Å²) < 4.78 is 0. The highest BCUT2D eigenvalue weighted by atomic mass is 16.3. The molecule has 0 aliphatic rings. The largest absolute Gasteiger partial charge is 0.507 e. The number of benzene rings is 2. The van der Waals surface area contributed by atoms with E-state index in [9.17, 15) is 5.11 Å². The van der Waals surface area contributed by atoms with Gasteiger partial charge in [0, 0.05) is 6.42 Å². The van der Waals surface area contributed by atoms with Crippen LogP contribution in [-0.4, -0.2) is 5.11 Å². The Balaban J connectivity index is 2.45. The predicted octanol–water partition coefficient (Wildman–Crippen LogP) is 5.23. The van der Waals surface area contributed by atoms with E-state index < -0.39 is 0 Å². The van der Waals surface area contributed by atoms with Crippen molar-refractivity contribution < 1.29 is 5.11 Å². The van der Waals surface area contributed by atoms with Crippen LogP contribution in [0.1, 0.15) is 61.8 Å². The minimum absolute atomic E-state index is 0.336. The summed E-state index contributed by atoms with van der Waals surface area (Å²) in [4.78, 5) is 0. The number of hydrogen-bond acceptors (Lipinski definition) is 1. The smallest absolute Gasteiger partial charge is 0.122 e. The van der Waals surface area contributed by atoms with E-state index in [1.54, 1.807) is 0 Å². The average molecular weight is 268 g/mol. The van der Waals surface area contributed by atoms with Gasteiger partial charge in [0.1, 0.15) is 5.75 Å². The van der Waals surface area contributed by atoms with Crippen LogP contribution in [0.4, 0.5) is 0 Å². The highest BCUT2D eigenvalue weighted by Crippen LogP contribution is 2.34. The first-order chi connectivity index (χ1) is 9.49. The molecule has 0 heterocycles. The lowest BCUT2D eigenvalue weighted by Gasteiger charge is -2.17. The van der Waals surface area contributed by atoms with Gasteiger partial charge in [-0.25, -0.2) is 0 Å². The average Bonchev–Trinajstić information content (AvgIpc) is 2.41. The Labute approximate surface area is 122 Å². The molecule has 1 nitrogen and oxygen atoms in total. The topological polar surface area (TPSA) is 20.2 Å². The van der Waals surface area contributed by atoms with Crippen LogP contribution in [-0.2, 0) is 6.42 Å². The summed E-state index contributed by atoms with van der Waals surface area (Å²) in [6, 6.07) is 14.6. The molecule has 0 aromatic heterocycles. The molecule has 0 atom stereocenters. The highest BCUT2D eigenvalue weighted by molar-refractivity contribution is 5.48. The maximum Gasteiger partial charge on any atom is 0.122 e. The van der Waals surface area contributed by atoms with E-state index in [1.807, 2.05) is 18.2 Å². The zero-order valence-electron chi connectivity index (χ0n) is 12.9. The minimum Gasteiger partial charge on any atom is -0.507 e. The fourth-order valence-corrected chi connectivity index (χ4v) is 2.47. The Morgan fingerprint density at radius 2 is 1.55 bits per heavy atom. The van der Waals surface area contributed by atoms with Gasteiger partial charge in [-0.05, 0) is 34.1 Å². The summed E-state index contributed by atoms with van der Waals surface area (Å²) in [5.41, 5.74) is 4.63. The molecule has 2 aromatic carbocycles. The van der Waals surface area contributed by atoms with Crippen LogP contribution in [0.2, 0.25) is 0 Å². The minimum atomic E-state index is 0.336. The lowest BCUT2D eigenvalue weighted by atomic mass is 9.90. The summed E-state index contributed by atoms with van der Waals surface area (Å²) in [6.07, 6.45) is 0.785. The Morgan fingerprint density at radius 1 is 0.900 bits per heavy atom. The van der Waals surface area contributed by atoms with Crippen molar-refractivity contribution in [1.29, 1.82) is 0 Å². The molecule has 1 heteroatoms. The molecule has 2 aromatic rings. The van der Waals surface area contributed by atoms with Crippen LogP contribution in [0.5, 0.6) is 5.75 Å². The normalized spacial score (nSPS) is 11.3. The van der Waals surface area contributed by atoms with Gasteiger partial charge >= 0.3 is 0 Å². The zero-order valence-corrected chi connectivity index (χ0v) is 12.9. The van der Waals surface area contributed by atoms with Crippen LogP contribution < -0.4 is 0 Å². The van der Waals surface area contributed by atoms with E-state index in [2.05, 4.69) is 52.0 Å². The second kappa shape index (κ2) is 6.13. The van der Waals surface area contributed by atoms with Gasteiger partial charge in [0.2, 0.25) is 0 Å². The van der Waals surface area contributed by atoms with Crippen molar-refractivity contribution in [1.82, 2.24) is 0 Å². The molecule has 106 valence electrons. The summed E-state index contributed by atoms with van der Waals surface area (Å²) in [5, 5.41) is 10.5. The summed E-state index contributed by atoms with van der Waals surface area (Å²) >= 11 is 0. The zero-order chi connectivity index (χ0) is 14.7. The van der Waals surface area contributed by atoms with Crippen molar-refractivity contribution >= 4 is 0 Å². The van der Waals surface area contributed by atoms with Gasteiger partial charge in [-0.1, -0.05) is 70.2 Å². The molecule has 1 N–H and O–H groups in total. The van der Waals surface area contributed by atoms with Crippen molar-refractivity contribution in [2.45, 2.75) is 46.0 Å². The lowest BCUT2D eigenvalue weighted by Crippen LogP contribution is -1.99. The maximum absolute atomic E-state index is 10.5. The molecule has 0 fully saturated rings. The van der Waals surface area contributed by atoms with Crippen LogP contribution >= 0.6 is 0 Å². The number of phenols is 1. The van der Waals surface area contributed by atoms with Crippen molar-refractivity contribution in [2.75, 3.05) is 0 Å². The van der Waals surface area contributed by atoms with E-state index >= 15 is 0 Å². The van der Waals surface area contributed by atoms with Gasteiger partial charge in [0.25, 0.3) is 0 Å². The number of rotatable bonds is 4. The standard InChI is InChI=1S/C19H24O/c1-13(2)16-11-17(10-15-8-6-5-7-9-15)19(20)18(12-16)14(3)4/h5-9,11-14,20H,10H2,1-4H3. The first-order valence-electron chi connectivity index (χ1n) is 7.38. The SMILES string of the molecule is CC(C)c1cc(Cc2ccccc2)c(O)c(C(C)C)c1. The molecule has 0 bridgehead atoms. The van der Waals surface area contributed by atoms with Gasteiger partial charge in [-0.15, -0.1) is 0 Å². The Bertz CT molecular complexity index is 568. The maximum atomic E-state index is 10.5. The third-order valence-corrected chi connectivity index (χ3v) is 3.77. The Hall–Kier alpha value is -1.76. The number of phenolic OH excluding ortho intramolecular Hbond substituents is 1. The fourth-order valence-electron chi connectivity index (χ4n) is 2.47. The summed E-state index contributed by atoms with van der Waals surface area (Å²) in [5.74, 6) is 1.28. The Kier molecular flexibility index (Phi) is 4.49. The van der Waals surface area contributed by atoms with Gasteiger partial charge < -0.3 is 5.11 Å². The Morgan fingerprint density at radius 3 is 2.10 bits per heavy atom. The van der Waals surface area contributed by atoms with Crippen molar-refractivity contribution in [3.05, 3.63) is 64.7 Å². The predicted molar refractivity (Wildman–Crippen MR) is 85.5 cm³/mol. The van der Waals surface area contributed by atoms with Crippen molar-refractivity contribution in [3.8, 4) is 5.75 Å². The second-order valence-electron chi connectivity index (χ2n) is 6.09. The van der Waals surface area contributed by atoms with Gasteiger partial charge in [0.05, 0.1) is 0 Å². The molecule has 0 amide bonds. The molecule has 0 unspecified atom stereocenters. The molecule has 0 saturated heterocycles. The lowest BCUT2D eigenvalue weighted by molar-refractivity contribution is 0.458. The molecular formula is C19H24O.